The highest BCUT2D eigenvalue weighted by atomic mass is 15.2. The number of piperidine rings is 1. The fraction of sp³-hybridized carbons (Fsp3) is 0.923. The summed E-state index contributed by atoms with van der Waals surface area (Å²) in [6, 6.07) is 3.06. The minimum Gasteiger partial charge on any atom is -0.315 e. The van der Waals surface area contributed by atoms with Gasteiger partial charge in [-0.25, -0.2) is 0 Å². The first-order chi connectivity index (χ1) is 7.59. The van der Waals surface area contributed by atoms with E-state index in [2.05, 4.69) is 23.2 Å². The van der Waals surface area contributed by atoms with Gasteiger partial charge >= 0.3 is 0 Å². The molecule has 0 aromatic carbocycles. The molecule has 92 valence electrons. The first kappa shape index (κ1) is 13.5. The Kier molecular flexibility index (Phi) is 5.24. The Labute approximate surface area is 99.8 Å². The van der Waals surface area contributed by atoms with E-state index in [0.717, 1.165) is 32.6 Å². The van der Waals surface area contributed by atoms with E-state index in [9.17, 15) is 0 Å². The van der Waals surface area contributed by atoms with E-state index in [1.165, 1.54) is 12.8 Å². The van der Waals surface area contributed by atoms with E-state index in [0.29, 0.717) is 6.04 Å². The van der Waals surface area contributed by atoms with E-state index >= 15 is 0 Å². The largest absolute Gasteiger partial charge is 0.315 e. The van der Waals surface area contributed by atoms with Crippen LogP contribution in [-0.2, 0) is 0 Å². The molecule has 0 radical (unpaired) electrons. The first-order valence-electron chi connectivity index (χ1n) is 6.45. The molecule has 1 N–H and O–H groups in total. The summed E-state index contributed by atoms with van der Waals surface area (Å²) in [7, 11) is 0. The molecular formula is C13H25N3. The highest BCUT2D eigenvalue weighted by Gasteiger charge is 2.23. The molecule has 1 aliphatic rings. The summed E-state index contributed by atoms with van der Waals surface area (Å²) in [6.45, 7) is 10.7. The van der Waals surface area contributed by atoms with Crippen molar-refractivity contribution in [1.82, 2.24) is 10.2 Å². The first-order valence-corrected chi connectivity index (χ1v) is 6.45. The predicted molar refractivity (Wildman–Crippen MR) is 67.1 cm³/mol. The lowest BCUT2D eigenvalue weighted by Gasteiger charge is -2.35. The Morgan fingerprint density at radius 1 is 1.50 bits per heavy atom. The van der Waals surface area contributed by atoms with Crippen LogP contribution >= 0.6 is 0 Å². The fourth-order valence-electron chi connectivity index (χ4n) is 2.22. The van der Waals surface area contributed by atoms with Crippen LogP contribution in [0.4, 0.5) is 0 Å². The van der Waals surface area contributed by atoms with Gasteiger partial charge in [-0.3, -0.25) is 4.90 Å². The van der Waals surface area contributed by atoms with Crippen molar-refractivity contribution >= 4 is 0 Å². The molecule has 1 rings (SSSR count). The topological polar surface area (TPSA) is 39.1 Å². The molecule has 0 bridgehead atoms. The van der Waals surface area contributed by atoms with Crippen molar-refractivity contribution in [3.05, 3.63) is 0 Å². The number of rotatable bonds is 5. The zero-order valence-corrected chi connectivity index (χ0v) is 10.9. The monoisotopic (exact) mass is 223 g/mol. The molecule has 1 saturated heterocycles. The van der Waals surface area contributed by atoms with Crippen molar-refractivity contribution in [3.63, 3.8) is 0 Å². The van der Waals surface area contributed by atoms with Crippen LogP contribution in [0, 0.1) is 16.7 Å². The minimum atomic E-state index is -0.185. The van der Waals surface area contributed by atoms with Gasteiger partial charge < -0.3 is 5.32 Å². The van der Waals surface area contributed by atoms with Gasteiger partial charge in [0.1, 0.15) is 0 Å². The number of hydrogen-bond acceptors (Lipinski definition) is 3. The van der Waals surface area contributed by atoms with Crippen LogP contribution in [0.15, 0.2) is 0 Å². The van der Waals surface area contributed by atoms with Gasteiger partial charge in [0.05, 0.1) is 11.5 Å². The van der Waals surface area contributed by atoms with Crippen LogP contribution in [0.1, 0.15) is 40.0 Å². The molecule has 0 spiro atoms. The maximum Gasteiger partial charge on any atom is 0.0684 e. The van der Waals surface area contributed by atoms with Gasteiger partial charge in [-0.05, 0) is 52.7 Å². The summed E-state index contributed by atoms with van der Waals surface area (Å²) in [4.78, 5) is 2.52. The Balaban J connectivity index is 2.39. The summed E-state index contributed by atoms with van der Waals surface area (Å²) in [5, 5.41) is 12.5. The van der Waals surface area contributed by atoms with Crippen molar-refractivity contribution in [2.24, 2.45) is 5.41 Å². The molecule has 1 heterocycles. The molecule has 3 nitrogen and oxygen atoms in total. The second kappa shape index (κ2) is 6.22. The molecule has 0 aliphatic carbocycles. The van der Waals surface area contributed by atoms with Crippen LogP contribution in [0.2, 0.25) is 0 Å². The third-order valence-electron chi connectivity index (χ3n) is 3.52. The molecule has 1 unspecified atom stereocenters. The molecule has 0 saturated carbocycles. The Morgan fingerprint density at radius 2 is 2.25 bits per heavy atom. The molecule has 1 aliphatic heterocycles. The maximum absolute atomic E-state index is 9.01. The summed E-state index contributed by atoms with van der Waals surface area (Å²) < 4.78 is 0. The van der Waals surface area contributed by atoms with Crippen LogP contribution in [0.5, 0.6) is 0 Å². The molecule has 0 aromatic heterocycles. The third-order valence-corrected chi connectivity index (χ3v) is 3.52. The highest BCUT2D eigenvalue weighted by molar-refractivity contribution is 4.92. The van der Waals surface area contributed by atoms with E-state index < -0.39 is 0 Å². The summed E-state index contributed by atoms with van der Waals surface area (Å²) in [6.07, 6.45) is 3.55. The maximum atomic E-state index is 9.01. The SMILES string of the molecule is CCN(CCC(C)(C)C#N)C1CCCNC1. The van der Waals surface area contributed by atoms with Crippen molar-refractivity contribution in [2.45, 2.75) is 46.1 Å². The van der Waals surface area contributed by atoms with Gasteiger partial charge in [0.25, 0.3) is 0 Å². The quantitative estimate of drug-likeness (QED) is 0.775. The zero-order valence-electron chi connectivity index (χ0n) is 10.9. The van der Waals surface area contributed by atoms with E-state index in [1.54, 1.807) is 0 Å². The number of hydrogen-bond donors (Lipinski definition) is 1. The van der Waals surface area contributed by atoms with Gasteiger partial charge in [0.2, 0.25) is 0 Å². The zero-order chi connectivity index (χ0) is 12.0. The third kappa shape index (κ3) is 4.11. The van der Waals surface area contributed by atoms with E-state index in [-0.39, 0.29) is 5.41 Å². The highest BCUT2D eigenvalue weighted by Crippen LogP contribution is 2.20. The van der Waals surface area contributed by atoms with Crippen molar-refractivity contribution in [1.29, 1.82) is 5.26 Å². The van der Waals surface area contributed by atoms with Crippen LogP contribution < -0.4 is 5.32 Å². The Morgan fingerprint density at radius 3 is 2.75 bits per heavy atom. The van der Waals surface area contributed by atoms with Gasteiger partial charge in [-0.15, -0.1) is 0 Å². The summed E-state index contributed by atoms with van der Waals surface area (Å²) in [5.41, 5.74) is -0.185. The van der Waals surface area contributed by atoms with Gasteiger partial charge in [-0.1, -0.05) is 6.92 Å². The lowest BCUT2D eigenvalue weighted by Crippen LogP contribution is -2.46. The lowest BCUT2D eigenvalue weighted by molar-refractivity contribution is 0.159. The molecule has 1 fully saturated rings. The second-order valence-electron chi connectivity index (χ2n) is 5.37. The Hall–Kier alpha value is -0.590. The predicted octanol–water partition coefficient (Wildman–Crippen LogP) is 2.00. The Bertz CT molecular complexity index is 236. The average Bonchev–Trinajstić information content (AvgIpc) is 2.31. The van der Waals surface area contributed by atoms with Crippen LogP contribution in [0.3, 0.4) is 0 Å². The van der Waals surface area contributed by atoms with Gasteiger partial charge in [-0.2, -0.15) is 5.26 Å². The van der Waals surface area contributed by atoms with Crippen molar-refractivity contribution in [3.8, 4) is 6.07 Å². The van der Waals surface area contributed by atoms with Crippen LogP contribution in [-0.4, -0.2) is 37.1 Å². The van der Waals surface area contributed by atoms with Crippen molar-refractivity contribution in [2.75, 3.05) is 26.2 Å². The fourth-order valence-corrected chi connectivity index (χ4v) is 2.22. The number of nitrogens with one attached hydrogen (secondary N) is 1. The van der Waals surface area contributed by atoms with Crippen molar-refractivity contribution < 1.29 is 0 Å². The standard InChI is InChI=1S/C13H25N3/c1-4-16(9-7-13(2,3)11-14)12-6-5-8-15-10-12/h12,15H,4-10H2,1-3H3. The minimum absolute atomic E-state index is 0.185. The lowest BCUT2D eigenvalue weighted by atomic mass is 9.91. The van der Waals surface area contributed by atoms with Gasteiger partial charge in [0.15, 0.2) is 0 Å². The number of likely N-dealkylation sites (N-methyl/N-ethyl adjacent to an activating group) is 1. The molecule has 0 amide bonds. The number of nitriles is 1. The summed E-state index contributed by atoms with van der Waals surface area (Å²) >= 11 is 0. The molecule has 0 aromatic rings. The van der Waals surface area contributed by atoms with E-state index in [1.807, 2.05) is 13.8 Å². The van der Waals surface area contributed by atoms with Crippen LogP contribution in [0.25, 0.3) is 0 Å². The number of nitrogens with zero attached hydrogens (tertiary/aromatic N) is 2. The second-order valence-corrected chi connectivity index (χ2v) is 5.37. The molecular weight excluding hydrogens is 198 g/mol. The smallest absolute Gasteiger partial charge is 0.0684 e. The molecule has 3 heteroatoms. The molecule has 16 heavy (non-hydrogen) atoms. The molecule has 1 atom stereocenters. The van der Waals surface area contributed by atoms with E-state index in [4.69, 9.17) is 5.26 Å². The average molecular weight is 223 g/mol. The normalized spacial score (nSPS) is 22.1. The summed E-state index contributed by atoms with van der Waals surface area (Å²) in [5.74, 6) is 0. The van der Waals surface area contributed by atoms with Gasteiger partial charge in [0, 0.05) is 12.6 Å².